The van der Waals surface area contributed by atoms with Crippen LogP contribution in [0.15, 0.2) is 33.6 Å². The van der Waals surface area contributed by atoms with Crippen LogP contribution in [0.25, 0.3) is 10.9 Å². The van der Waals surface area contributed by atoms with Gasteiger partial charge in [-0.2, -0.15) is 0 Å². The SMILES string of the molecule is COCCn1c(C2CCCN2Cc2noc3c2CCC3)nc2ccccc2c1=O. The Morgan fingerprint density at radius 3 is 3.03 bits per heavy atom. The fourth-order valence-corrected chi connectivity index (χ4v) is 4.75. The second kappa shape index (κ2) is 7.72. The Morgan fingerprint density at radius 1 is 1.24 bits per heavy atom. The first kappa shape index (κ1) is 18.5. The summed E-state index contributed by atoms with van der Waals surface area (Å²) in [6, 6.07) is 7.69. The van der Waals surface area contributed by atoms with Crippen LogP contribution in [0.4, 0.5) is 0 Å². The van der Waals surface area contributed by atoms with Gasteiger partial charge in [-0.15, -0.1) is 0 Å². The zero-order chi connectivity index (χ0) is 19.8. The molecule has 0 bridgehead atoms. The molecule has 0 amide bonds. The summed E-state index contributed by atoms with van der Waals surface area (Å²) < 4.78 is 12.6. The molecule has 1 fully saturated rings. The third kappa shape index (κ3) is 3.28. The fraction of sp³-hybridized carbons (Fsp3) is 0.500. The zero-order valence-electron chi connectivity index (χ0n) is 16.8. The lowest BCUT2D eigenvalue weighted by molar-refractivity contribution is 0.178. The number of likely N-dealkylation sites (tertiary alicyclic amines) is 1. The van der Waals surface area contributed by atoms with Gasteiger partial charge in [0.05, 0.1) is 30.1 Å². The Kier molecular flexibility index (Phi) is 4.93. The van der Waals surface area contributed by atoms with Crippen molar-refractivity contribution in [3.05, 3.63) is 57.5 Å². The highest BCUT2D eigenvalue weighted by atomic mass is 16.5. The summed E-state index contributed by atoms with van der Waals surface area (Å²) in [6.07, 6.45) is 5.26. The molecule has 1 aliphatic carbocycles. The van der Waals surface area contributed by atoms with Gasteiger partial charge in [-0.05, 0) is 44.4 Å². The van der Waals surface area contributed by atoms with Crippen molar-refractivity contribution in [3.63, 3.8) is 0 Å². The molecule has 1 aliphatic heterocycles. The van der Waals surface area contributed by atoms with Gasteiger partial charge >= 0.3 is 0 Å². The molecule has 1 saturated heterocycles. The third-order valence-electron chi connectivity index (χ3n) is 6.21. The van der Waals surface area contributed by atoms with Gasteiger partial charge in [0.15, 0.2) is 0 Å². The minimum absolute atomic E-state index is 0.0110. The molecular formula is C22H26N4O3. The first-order valence-electron chi connectivity index (χ1n) is 10.4. The Hall–Kier alpha value is -2.51. The van der Waals surface area contributed by atoms with Gasteiger partial charge in [0.25, 0.3) is 5.56 Å². The maximum atomic E-state index is 13.2. The van der Waals surface area contributed by atoms with E-state index in [0.29, 0.717) is 18.5 Å². The van der Waals surface area contributed by atoms with Crippen molar-refractivity contribution in [3.8, 4) is 0 Å². The van der Waals surface area contributed by atoms with Crippen LogP contribution in [-0.2, 0) is 30.7 Å². The van der Waals surface area contributed by atoms with Crippen molar-refractivity contribution < 1.29 is 9.26 Å². The molecule has 7 nitrogen and oxygen atoms in total. The summed E-state index contributed by atoms with van der Waals surface area (Å²) in [5.41, 5.74) is 3.11. The standard InChI is InChI=1S/C22H26N4O3/c1-28-13-12-26-21(23-17-8-3-2-6-16(17)22(26)27)19-9-5-11-25(19)14-18-15-7-4-10-20(15)29-24-18/h2-3,6,8,19H,4-5,7,9-14H2,1H3. The summed E-state index contributed by atoms with van der Waals surface area (Å²) in [5, 5.41) is 5.00. The summed E-state index contributed by atoms with van der Waals surface area (Å²) in [4.78, 5) is 20.6. The molecule has 3 heterocycles. The van der Waals surface area contributed by atoms with Crippen LogP contribution in [-0.4, -0.2) is 39.9 Å². The van der Waals surface area contributed by atoms with Crippen molar-refractivity contribution in [1.82, 2.24) is 19.6 Å². The number of para-hydroxylation sites is 1. The van der Waals surface area contributed by atoms with E-state index in [9.17, 15) is 4.79 Å². The second-order valence-corrected chi connectivity index (χ2v) is 7.95. The molecule has 2 aliphatic rings. The van der Waals surface area contributed by atoms with E-state index in [1.807, 2.05) is 28.8 Å². The first-order valence-corrected chi connectivity index (χ1v) is 10.4. The predicted octanol–water partition coefficient (Wildman–Crippen LogP) is 2.86. The number of hydrogen-bond donors (Lipinski definition) is 0. The lowest BCUT2D eigenvalue weighted by atomic mass is 10.1. The van der Waals surface area contributed by atoms with Crippen LogP contribution >= 0.6 is 0 Å². The van der Waals surface area contributed by atoms with Gasteiger partial charge in [-0.1, -0.05) is 17.3 Å². The lowest BCUT2D eigenvalue weighted by Crippen LogP contribution is -2.33. The maximum Gasteiger partial charge on any atom is 0.261 e. The number of rotatable bonds is 6. The minimum atomic E-state index is 0.0110. The fourth-order valence-electron chi connectivity index (χ4n) is 4.75. The molecule has 7 heteroatoms. The zero-order valence-corrected chi connectivity index (χ0v) is 16.8. The Morgan fingerprint density at radius 2 is 2.14 bits per heavy atom. The van der Waals surface area contributed by atoms with Gasteiger partial charge in [-0.25, -0.2) is 4.98 Å². The van der Waals surface area contributed by atoms with Crippen molar-refractivity contribution in [1.29, 1.82) is 0 Å². The summed E-state index contributed by atoms with van der Waals surface area (Å²) >= 11 is 0. The number of aryl methyl sites for hydroxylation is 1. The van der Waals surface area contributed by atoms with Crippen molar-refractivity contribution in [2.24, 2.45) is 0 Å². The van der Waals surface area contributed by atoms with Crippen LogP contribution in [0.2, 0.25) is 0 Å². The quantitative estimate of drug-likeness (QED) is 0.640. The normalized spacial score (nSPS) is 19.3. The van der Waals surface area contributed by atoms with E-state index in [2.05, 4.69) is 10.1 Å². The largest absolute Gasteiger partial charge is 0.383 e. The highest BCUT2D eigenvalue weighted by Crippen LogP contribution is 2.34. The lowest BCUT2D eigenvalue weighted by Gasteiger charge is -2.26. The molecule has 3 aromatic rings. The smallest absolute Gasteiger partial charge is 0.261 e. The van der Waals surface area contributed by atoms with E-state index in [1.54, 1.807) is 7.11 Å². The average Bonchev–Trinajstić information content (AvgIpc) is 3.46. The van der Waals surface area contributed by atoms with E-state index in [1.165, 1.54) is 5.56 Å². The number of hydrogen-bond acceptors (Lipinski definition) is 6. The van der Waals surface area contributed by atoms with E-state index in [4.69, 9.17) is 14.2 Å². The summed E-state index contributed by atoms with van der Waals surface area (Å²) in [7, 11) is 1.66. The number of methoxy groups -OCH3 is 1. The molecule has 1 atom stereocenters. The Balaban J connectivity index is 1.53. The van der Waals surface area contributed by atoms with E-state index in [-0.39, 0.29) is 11.6 Å². The van der Waals surface area contributed by atoms with Crippen molar-refractivity contribution >= 4 is 10.9 Å². The molecule has 1 unspecified atom stereocenters. The number of benzene rings is 1. The van der Waals surface area contributed by atoms with Crippen LogP contribution < -0.4 is 5.56 Å². The first-order chi connectivity index (χ1) is 14.3. The Labute approximate surface area is 169 Å². The molecule has 152 valence electrons. The van der Waals surface area contributed by atoms with E-state index < -0.39 is 0 Å². The molecule has 0 radical (unpaired) electrons. The van der Waals surface area contributed by atoms with Gasteiger partial charge in [-0.3, -0.25) is 14.3 Å². The topological polar surface area (TPSA) is 73.4 Å². The molecule has 0 spiro atoms. The molecule has 5 rings (SSSR count). The molecule has 0 saturated carbocycles. The number of fused-ring (bicyclic) bond motifs is 2. The van der Waals surface area contributed by atoms with Gasteiger partial charge in [0.1, 0.15) is 17.3 Å². The van der Waals surface area contributed by atoms with Gasteiger partial charge in [0, 0.05) is 25.6 Å². The van der Waals surface area contributed by atoms with Crippen LogP contribution in [0.3, 0.4) is 0 Å². The summed E-state index contributed by atoms with van der Waals surface area (Å²) in [6.45, 7) is 2.71. The van der Waals surface area contributed by atoms with Crippen LogP contribution in [0.1, 0.15) is 48.1 Å². The molecule has 2 aromatic heterocycles. The van der Waals surface area contributed by atoms with Crippen molar-refractivity contribution in [2.75, 3.05) is 20.3 Å². The van der Waals surface area contributed by atoms with E-state index in [0.717, 1.165) is 68.0 Å². The molecule has 0 N–H and O–H groups in total. The molecular weight excluding hydrogens is 368 g/mol. The third-order valence-corrected chi connectivity index (χ3v) is 6.21. The number of nitrogens with zero attached hydrogens (tertiary/aromatic N) is 4. The predicted molar refractivity (Wildman–Crippen MR) is 109 cm³/mol. The van der Waals surface area contributed by atoms with Gasteiger partial charge in [0.2, 0.25) is 0 Å². The monoisotopic (exact) mass is 394 g/mol. The average molecular weight is 394 g/mol. The number of aromatic nitrogens is 3. The summed E-state index contributed by atoms with van der Waals surface area (Å²) in [5.74, 6) is 1.89. The van der Waals surface area contributed by atoms with Crippen LogP contribution in [0.5, 0.6) is 0 Å². The Bertz CT molecular complexity index is 1090. The van der Waals surface area contributed by atoms with Crippen molar-refractivity contribution in [2.45, 2.75) is 51.2 Å². The molecule has 29 heavy (non-hydrogen) atoms. The minimum Gasteiger partial charge on any atom is -0.383 e. The highest BCUT2D eigenvalue weighted by Gasteiger charge is 2.32. The van der Waals surface area contributed by atoms with Crippen LogP contribution in [0, 0.1) is 0 Å². The second-order valence-electron chi connectivity index (χ2n) is 7.95. The van der Waals surface area contributed by atoms with Gasteiger partial charge < -0.3 is 9.26 Å². The van der Waals surface area contributed by atoms with E-state index >= 15 is 0 Å². The molecule has 1 aromatic carbocycles. The maximum absolute atomic E-state index is 13.2. The highest BCUT2D eigenvalue weighted by molar-refractivity contribution is 5.77. The number of ether oxygens (including phenoxy) is 1.